The van der Waals surface area contributed by atoms with E-state index in [1.807, 2.05) is 13.8 Å². The van der Waals surface area contributed by atoms with Crippen LogP contribution in [0.15, 0.2) is 28.1 Å². The minimum absolute atomic E-state index is 0.239. The van der Waals surface area contributed by atoms with Crippen molar-refractivity contribution in [3.05, 3.63) is 27.9 Å². The van der Waals surface area contributed by atoms with Crippen LogP contribution in [0.2, 0.25) is 0 Å². The quantitative estimate of drug-likeness (QED) is 0.688. The van der Waals surface area contributed by atoms with Crippen molar-refractivity contribution in [2.24, 2.45) is 5.10 Å². The first-order chi connectivity index (χ1) is 8.49. The number of fused-ring (bicyclic) bond motifs is 1. The predicted molar refractivity (Wildman–Crippen MR) is 69.7 cm³/mol. The number of thiazole rings is 1. The zero-order valence-electron chi connectivity index (χ0n) is 9.78. The van der Waals surface area contributed by atoms with Gasteiger partial charge in [-0.3, -0.25) is 10.2 Å². The molecule has 0 aliphatic rings. The molecule has 0 saturated carbocycles. The largest absolute Gasteiger partial charge is 0.322 e. The van der Waals surface area contributed by atoms with E-state index in [4.69, 9.17) is 0 Å². The highest BCUT2D eigenvalue weighted by molar-refractivity contribution is 7.16. The van der Waals surface area contributed by atoms with E-state index in [2.05, 4.69) is 10.5 Å². The third kappa shape index (κ3) is 2.40. The number of nitrogens with one attached hydrogen (secondary N) is 1. The van der Waals surface area contributed by atoms with Crippen LogP contribution in [0.25, 0.3) is 10.2 Å². The van der Waals surface area contributed by atoms with Crippen molar-refractivity contribution >= 4 is 33.0 Å². The maximum Gasteiger partial charge on any atom is 0.322 e. The summed E-state index contributed by atoms with van der Waals surface area (Å²) in [6, 6.07) is 4.73. The lowest BCUT2D eigenvalue weighted by molar-refractivity contribution is 0.0729. The van der Waals surface area contributed by atoms with Gasteiger partial charge in [0.1, 0.15) is 0 Å². The van der Waals surface area contributed by atoms with Crippen LogP contribution in [0.5, 0.6) is 0 Å². The van der Waals surface area contributed by atoms with Crippen LogP contribution in [0.1, 0.15) is 20.4 Å². The van der Waals surface area contributed by atoms with Gasteiger partial charge in [-0.1, -0.05) is 11.3 Å². The van der Waals surface area contributed by atoms with E-state index in [0.717, 1.165) is 17.0 Å². The van der Waals surface area contributed by atoms with Crippen molar-refractivity contribution in [2.45, 2.75) is 20.4 Å². The molecule has 7 heteroatoms. The summed E-state index contributed by atoms with van der Waals surface area (Å²) in [5, 5.41) is 4.00. The van der Waals surface area contributed by atoms with Gasteiger partial charge in [0.15, 0.2) is 0 Å². The highest BCUT2D eigenvalue weighted by Crippen LogP contribution is 2.25. The fraction of sp³-hybridized carbons (Fsp3) is 0.273. The van der Waals surface area contributed by atoms with Gasteiger partial charge in [0.05, 0.1) is 15.9 Å². The zero-order valence-corrected chi connectivity index (χ0v) is 10.6. The van der Waals surface area contributed by atoms with Crippen LogP contribution in [0, 0.1) is 0 Å². The van der Waals surface area contributed by atoms with Gasteiger partial charge in [-0.05, 0) is 32.0 Å². The molecule has 0 amide bonds. The van der Waals surface area contributed by atoms with Crippen molar-refractivity contribution in [2.75, 3.05) is 5.43 Å². The zero-order chi connectivity index (χ0) is 13.3. The predicted octanol–water partition coefficient (Wildman–Crippen LogP) is 3.27. The molecule has 1 aromatic heterocycles. The van der Waals surface area contributed by atoms with Gasteiger partial charge in [0, 0.05) is 5.71 Å². The summed E-state index contributed by atoms with van der Waals surface area (Å²) >= 11 is 0.794. The number of alkyl halides is 2. The van der Waals surface area contributed by atoms with E-state index < -0.39 is 11.4 Å². The molecule has 96 valence electrons. The van der Waals surface area contributed by atoms with Crippen LogP contribution < -0.4 is 10.3 Å². The number of hydrogen-bond donors (Lipinski definition) is 1. The number of hydrogen-bond acceptors (Lipinski definition) is 4. The molecule has 0 aliphatic heterocycles. The van der Waals surface area contributed by atoms with Crippen LogP contribution >= 0.6 is 11.3 Å². The lowest BCUT2D eigenvalue weighted by Crippen LogP contribution is -2.12. The van der Waals surface area contributed by atoms with Crippen LogP contribution in [-0.2, 0) is 0 Å². The maximum absolute atomic E-state index is 12.7. The normalized spacial score (nSPS) is 10.9. The lowest BCUT2D eigenvalue weighted by Gasteiger charge is -2.03. The van der Waals surface area contributed by atoms with Crippen molar-refractivity contribution in [1.82, 2.24) is 4.57 Å². The van der Waals surface area contributed by atoms with Gasteiger partial charge in [-0.25, -0.2) is 4.57 Å². The third-order valence-corrected chi connectivity index (χ3v) is 3.14. The molecule has 2 aromatic rings. The first kappa shape index (κ1) is 12.7. The second-order valence-corrected chi connectivity index (χ2v) is 4.86. The Morgan fingerprint density at radius 3 is 2.78 bits per heavy atom. The molecule has 0 fully saturated rings. The molecule has 0 spiro atoms. The Labute approximate surface area is 106 Å². The van der Waals surface area contributed by atoms with E-state index in [-0.39, 0.29) is 5.52 Å². The molecule has 0 atom stereocenters. The fourth-order valence-electron chi connectivity index (χ4n) is 1.47. The molecule has 1 aromatic carbocycles. The van der Waals surface area contributed by atoms with E-state index in [1.165, 1.54) is 6.07 Å². The van der Waals surface area contributed by atoms with Crippen LogP contribution in [0.3, 0.4) is 0 Å². The van der Waals surface area contributed by atoms with Crippen molar-refractivity contribution in [1.29, 1.82) is 0 Å². The standard InChI is InChI=1S/C11H11F2N3OS/c1-6(2)14-15-7-3-4-8-9(5-7)18-11(17)16(8)10(12)13/h3-5,10,15H,1-2H3. The smallest absolute Gasteiger partial charge is 0.279 e. The first-order valence-electron chi connectivity index (χ1n) is 5.19. The Morgan fingerprint density at radius 2 is 2.17 bits per heavy atom. The first-order valence-corrected chi connectivity index (χ1v) is 6.01. The SMILES string of the molecule is CC(C)=NNc1ccc2c(c1)sc(=O)n2C(F)F. The number of halogens is 2. The number of nitrogens with zero attached hydrogens (tertiary/aromatic N) is 2. The highest BCUT2D eigenvalue weighted by atomic mass is 32.1. The molecule has 1 N–H and O–H groups in total. The van der Waals surface area contributed by atoms with Gasteiger partial charge >= 0.3 is 11.4 Å². The van der Waals surface area contributed by atoms with Gasteiger partial charge in [0.2, 0.25) is 0 Å². The number of benzene rings is 1. The molecule has 0 aliphatic carbocycles. The Bertz CT molecular complexity index is 656. The number of rotatable bonds is 3. The van der Waals surface area contributed by atoms with E-state index in [0.29, 0.717) is 15.0 Å². The third-order valence-electron chi connectivity index (χ3n) is 2.22. The van der Waals surface area contributed by atoms with E-state index in [1.54, 1.807) is 12.1 Å². The monoisotopic (exact) mass is 271 g/mol. The van der Waals surface area contributed by atoms with Gasteiger partial charge in [-0.15, -0.1) is 0 Å². The number of aromatic nitrogens is 1. The Kier molecular flexibility index (Phi) is 3.42. The topological polar surface area (TPSA) is 46.4 Å². The molecular weight excluding hydrogens is 260 g/mol. The summed E-state index contributed by atoms with van der Waals surface area (Å²) in [7, 11) is 0. The molecule has 2 rings (SSSR count). The number of hydrazone groups is 1. The minimum atomic E-state index is -2.82. The molecular formula is C11H11F2N3OS. The van der Waals surface area contributed by atoms with Crippen molar-refractivity contribution in [3.8, 4) is 0 Å². The molecule has 0 unspecified atom stereocenters. The average molecular weight is 271 g/mol. The van der Waals surface area contributed by atoms with Gasteiger partial charge in [0.25, 0.3) is 0 Å². The molecule has 0 saturated heterocycles. The van der Waals surface area contributed by atoms with Crippen LogP contribution in [-0.4, -0.2) is 10.3 Å². The summed E-state index contributed by atoms with van der Waals surface area (Å²) in [6.07, 6.45) is 0. The number of anilines is 1. The molecule has 0 bridgehead atoms. The van der Waals surface area contributed by atoms with E-state index >= 15 is 0 Å². The second-order valence-electron chi connectivity index (χ2n) is 3.87. The lowest BCUT2D eigenvalue weighted by atomic mass is 10.3. The van der Waals surface area contributed by atoms with Gasteiger partial charge in [-0.2, -0.15) is 13.9 Å². The molecule has 1 heterocycles. The summed E-state index contributed by atoms with van der Waals surface area (Å²) < 4.78 is 26.3. The second kappa shape index (κ2) is 4.85. The molecule has 4 nitrogen and oxygen atoms in total. The highest BCUT2D eigenvalue weighted by Gasteiger charge is 2.15. The Hall–Kier alpha value is -1.76. The van der Waals surface area contributed by atoms with E-state index in [9.17, 15) is 13.6 Å². The molecule has 0 radical (unpaired) electrons. The van der Waals surface area contributed by atoms with Crippen molar-refractivity contribution in [3.63, 3.8) is 0 Å². The average Bonchev–Trinajstić information content (AvgIpc) is 2.61. The summed E-state index contributed by atoms with van der Waals surface area (Å²) in [4.78, 5) is 10.8. The Balaban J connectivity index is 2.48. The summed E-state index contributed by atoms with van der Waals surface area (Å²) in [6.45, 7) is 0.843. The summed E-state index contributed by atoms with van der Waals surface area (Å²) in [5.74, 6) is 0. The maximum atomic E-state index is 12.7. The fourth-order valence-corrected chi connectivity index (χ4v) is 2.39. The van der Waals surface area contributed by atoms with Gasteiger partial charge < -0.3 is 0 Å². The van der Waals surface area contributed by atoms with Crippen molar-refractivity contribution < 1.29 is 8.78 Å². The molecule has 18 heavy (non-hydrogen) atoms. The minimum Gasteiger partial charge on any atom is -0.279 e. The summed E-state index contributed by atoms with van der Waals surface area (Å²) in [5.41, 5.74) is 4.53. The van der Waals surface area contributed by atoms with Crippen LogP contribution in [0.4, 0.5) is 14.5 Å². The Morgan fingerprint density at radius 1 is 1.44 bits per heavy atom.